The summed E-state index contributed by atoms with van der Waals surface area (Å²) >= 11 is 0. The molecule has 129 valence electrons. The van der Waals surface area contributed by atoms with Crippen LogP contribution in [0.15, 0.2) is 12.1 Å². The standard InChI is InChI=1S/C23H24N.Re/c1-14-10-18-12-19-11-17-6-4-8-24-9-5-7-20(23(17)24)22(19)13-21(18)16(3)15(14)2;/h10-11H,2,4-9,13H2,1,3H3;/q-1;. The van der Waals surface area contributed by atoms with Crippen LogP contribution in [0.5, 0.6) is 0 Å². The summed E-state index contributed by atoms with van der Waals surface area (Å²) in [6.07, 6.45) is 9.89. The molecule has 25 heavy (non-hydrogen) atoms. The average molecular weight is 501 g/mol. The van der Waals surface area contributed by atoms with Crippen LogP contribution >= 0.6 is 0 Å². The van der Waals surface area contributed by atoms with Crippen molar-refractivity contribution in [2.24, 2.45) is 0 Å². The summed E-state index contributed by atoms with van der Waals surface area (Å²) in [4.78, 5) is 2.64. The summed E-state index contributed by atoms with van der Waals surface area (Å²) in [6.45, 7) is 11.2. The summed E-state index contributed by atoms with van der Waals surface area (Å²) in [5, 5.41) is 2.49. The Bertz CT molecular complexity index is 985. The molecule has 1 nitrogen and oxygen atoms in total. The van der Waals surface area contributed by atoms with Crippen LogP contribution in [0.1, 0.15) is 51.8 Å². The van der Waals surface area contributed by atoms with Gasteiger partial charge >= 0.3 is 0 Å². The van der Waals surface area contributed by atoms with E-state index in [9.17, 15) is 0 Å². The van der Waals surface area contributed by atoms with E-state index in [0.29, 0.717) is 0 Å². The first-order valence-electron chi connectivity index (χ1n) is 9.28. The Morgan fingerprint density at radius 1 is 1.00 bits per heavy atom. The van der Waals surface area contributed by atoms with Gasteiger partial charge in [0.15, 0.2) is 0 Å². The minimum Gasteiger partial charge on any atom is -0.372 e. The zero-order chi connectivity index (χ0) is 16.4. The molecule has 0 fully saturated rings. The molecule has 0 amide bonds. The molecule has 0 saturated carbocycles. The quantitative estimate of drug-likeness (QED) is 0.429. The van der Waals surface area contributed by atoms with Gasteiger partial charge < -0.3 is 4.90 Å². The van der Waals surface area contributed by atoms with Crippen molar-refractivity contribution in [3.8, 4) is 0 Å². The molecule has 0 aromatic heterocycles. The molecular weight excluding hydrogens is 476 g/mol. The molecule has 0 saturated heterocycles. The zero-order valence-electron chi connectivity index (χ0n) is 15.1. The van der Waals surface area contributed by atoms with Gasteiger partial charge in [0.05, 0.1) is 0 Å². The molecule has 0 bridgehead atoms. The van der Waals surface area contributed by atoms with Gasteiger partial charge in [0.2, 0.25) is 0 Å². The van der Waals surface area contributed by atoms with Crippen LogP contribution < -0.4 is 15.3 Å². The largest absolute Gasteiger partial charge is 0.372 e. The van der Waals surface area contributed by atoms with E-state index in [0.717, 1.165) is 6.42 Å². The number of fused-ring (bicyclic) bond motifs is 3. The molecule has 2 heteroatoms. The van der Waals surface area contributed by atoms with Gasteiger partial charge in [0.25, 0.3) is 0 Å². The number of hydrogen-bond acceptors (Lipinski definition) is 1. The van der Waals surface area contributed by atoms with Crippen LogP contribution in [0.3, 0.4) is 0 Å². The van der Waals surface area contributed by atoms with E-state index in [-0.39, 0.29) is 20.4 Å². The summed E-state index contributed by atoms with van der Waals surface area (Å²) in [6, 6.07) is 4.72. The molecule has 0 atom stereocenters. The Balaban J connectivity index is 0.00000157. The molecule has 0 unspecified atom stereocenters. The van der Waals surface area contributed by atoms with Crippen LogP contribution in [-0.4, -0.2) is 13.1 Å². The monoisotopic (exact) mass is 501 g/mol. The Kier molecular flexibility index (Phi) is 4.18. The first-order chi connectivity index (χ1) is 11.6. The van der Waals surface area contributed by atoms with Crippen molar-refractivity contribution in [3.63, 3.8) is 0 Å². The van der Waals surface area contributed by atoms with Crippen molar-refractivity contribution < 1.29 is 20.4 Å². The zero-order valence-corrected chi connectivity index (χ0v) is 17.9. The molecule has 0 spiro atoms. The SMILES string of the molecule is C=c1c(C)cc2c(c1C)Cc1c(cc3c4c1CCCN4CCC3)[C-]=2.[Re]. The molecule has 1 aliphatic carbocycles. The maximum atomic E-state index is 4.28. The van der Waals surface area contributed by atoms with E-state index in [1.54, 1.807) is 22.4 Å². The van der Waals surface area contributed by atoms with E-state index in [1.165, 1.54) is 71.5 Å². The van der Waals surface area contributed by atoms with Crippen LogP contribution in [0.4, 0.5) is 5.69 Å². The first kappa shape index (κ1) is 17.1. The minimum atomic E-state index is 0. The third-order valence-electron chi connectivity index (χ3n) is 6.33. The van der Waals surface area contributed by atoms with Gasteiger partial charge in [-0.1, -0.05) is 35.3 Å². The third-order valence-corrected chi connectivity index (χ3v) is 6.33. The second-order valence-electron chi connectivity index (χ2n) is 7.71. The molecule has 1 radical (unpaired) electrons. The predicted octanol–water partition coefficient (Wildman–Crippen LogP) is 3.02. The van der Waals surface area contributed by atoms with E-state index in [1.807, 2.05) is 0 Å². The van der Waals surface area contributed by atoms with Crippen LogP contribution in [0.25, 0.3) is 12.7 Å². The molecule has 2 aromatic carbocycles. The topological polar surface area (TPSA) is 3.24 Å². The number of benzene rings is 2. The maximum absolute atomic E-state index is 4.28. The van der Waals surface area contributed by atoms with Gasteiger partial charge in [-0.15, -0.1) is 40.1 Å². The normalized spacial score (nSPS) is 17.0. The predicted molar refractivity (Wildman–Crippen MR) is 101 cm³/mol. The third kappa shape index (κ3) is 2.46. The summed E-state index contributed by atoms with van der Waals surface area (Å²) in [5.74, 6) is 0. The van der Waals surface area contributed by atoms with Gasteiger partial charge in [-0.05, 0) is 44.7 Å². The van der Waals surface area contributed by atoms with Crippen LogP contribution in [0.2, 0.25) is 0 Å². The van der Waals surface area contributed by atoms with Crippen molar-refractivity contribution in [1.82, 2.24) is 0 Å². The van der Waals surface area contributed by atoms with Crippen molar-refractivity contribution in [2.75, 3.05) is 18.0 Å². The summed E-state index contributed by atoms with van der Waals surface area (Å²) in [5.41, 5.74) is 11.8. The van der Waals surface area contributed by atoms with Gasteiger partial charge in [-0.2, -0.15) is 0 Å². The van der Waals surface area contributed by atoms with Gasteiger partial charge in [-0.25, -0.2) is 0 Å². The first-order valence-corrected chi connectivity index (χ1v) is 9.28. The average Bonchev–Trinajstić information content (AvgIpc) is 2.59. The van der Waals surface area contributed by atoms with Gasteiger partial charge in [-0.3, -0.25) is 0 Å². The molecule has 2 aliphatic heterocycles. The number of anilines is 1. The second kappa shape index (κ2) is 6.12. The molecular formula is C23H24NRe-. The summed E-state index contributed by atoms with van der Waals surface area (Å²) in [7, 11) is 0. The molecule has 2 aromatic rings. The van der Waals surface area contributed by atoms with Crippen molar-refractivity contribution in [3.05, 3.63) is 61.5 Å². The molecule has 5 rings (SSSR count). The fourth-order valence-electron chi connectivity index (χ4n) is 4.97. The second-order valence-corrected chi connectivity index (χ2v) is 7.71. The maximum Gasteiger partial charge on any atom is 0.0283 e. The van der Waals surface area contributed by atoms with E-state index >= 15 is 0 Å². The number of aryl methyl sites for hydroxylation is 2. The fraction of sp³-hybridized carbons (Fsp3) is 0.391. The van der Waals surface area contributed by atoms with Crippen molar-refractivity contribution >= 4 is 18.3 Å². The van der Waals surface area contributed by atoms with Crippen LogP contribution in [0, 0.1) is 13.8 Å². The van der Waals surface area contributed by atoms with Crippen molar-refractivity contribution in [2.45, 2.75) is 46.0 Å². The Hall–Kier alpha value is -1.36. The van der Waals surface area contributed by atoms with Crippen LogP contribution in [-0.2, 0) is 39.7 Å². The van der Waals surface area contributed by atoms with E-state index < -0.39 is 0 Å². The van der Waals surface area contributed by atoms with E-state index in [2.05, 4.69) is 43.5 Å². The van der Waals surface area contributed by atoms with Gasteiger partial charge in [0, 0.05) is 39.2 Å². The smallest absolute Gasteiger partial charge is 0.0283 e. The number of nitrogens with zero attached hydrogens (tertiary/aromatic N) is 1. The van der Waals surface area contributed by atoms with Gasteiger partial charge in [0.1, 0.15) is 0 Å². The Labute approximate surface area is 164 Å². The number of hydrogen-bond donors (Lipinski definition) is 0. The Morgan fingerprint density at radius 2 is 1.76 bits per heavy atom. The molecule has 0 N–H and O–H groups in total. The molecule has 2 heterocycles. The minimum absolute atomic E-state index is 0. The number of rotatable bonds is 0. The van der Waals surface area contributed by atoms with E-state index in [4.69, 9.17) is 0 Å². The fourth-order valence-corrected chi connectivity index (χ4v) is 4.97. The van der Waals surface area contributed by atoms with Crippen molar-refractivity contribution in [1.29, 1.82) is 0 Å². The summed E-state index contributed by atoms with van der Waals surface area (Å²) < 4.78 is 0. The Morgan fingerprint density at radius 3 is 2.56 bits per heavy atom. The molecule has 3 aliphatic rings.